The normalized spacial score (nSPS) is 15.8. The summed E-state index contributed by atoms with van der Waals surface area (Å²) < 4.78 is 5.87. The average Bonchev–Trinajstić information content (AvgIpc) is 3.11. The van der Waals surface area contributed by atoms with Crippen molar-refractivity contribution in [2.24, 2.45) is 0 Å². The van der Waals surface area contributed by atoms with E-state index in [9.17, 15) is 0 Å². The summed E-state index contributed by atoms with van der Waals surface area (Å²) in [5.74, 6) is 0.753. The van der Waals surface area contributed by atoms with Crippen LogP contribution in [-0.4, -0.2) is 0 Å². The molecular formula is C15H11ClO. The molecule has 84 valence electrons. The first-order valence-electron chi connectivity index (χ1n) is 5.93. The monoisotopic (exact) mass is 242 g/mol. The van der Waals surface area contributed by atoms with Gasteiger partial charge in [0.2, 0.25) is 0 Å². The van der Waals surface area contributed by atoms with Crippen molar-refractivity contribution >= 4 is 33.5 Å². The summed E-state index contributed by atoms with van der Waals surface area (Å²) in [6, 6.07) is 12.4. The van der Waals surface area contributed by atoms with Crippen LogP contribution < -0.4 is 0 Å². The van der Waals surface area contributed by atoms with Gasteiger partial charge in [-0.25, -0.2) is 0 Å². The molecular weight excluding hydrogens is 232 g/mol. The van der Waals surface area contributed by atoms with E-state index in [0.29, 0.717) is 5.02 Å². The predicted octanol–water partition coefficient (Wildman–Crippen LogP) is 5.12. The zero-order valence-corrected chi connectivity index (χ0v) is 10.00. The highest BCUT2D eigenvalue weighted by Crippen LogP contribution is 2.42. The van der Waals surface area contributed by atoms with Crippen LogP contribution in [0.25, 0.3) is 21.9 Å². The summed E-state index contributed by atoms with van der Waals surface area (Å²) in [4.78, 5) is 0. The number of rotatable bonds is 1. The van der Waals surface area contributed by atoms with Crippen molar-refractivity contribution in [2.45, 2.75) is 18.8 Å². The van der Waals surface area contributed by atoms with Gasteiger partial charge in [0.25, 0.3) is 0 Å². The molecule has 1 aromatic heterocycles. The van der Waals surface area contributed by atoms with E-state index in [4.69, 9.17) is 16.0 Å². The van der Waals surface area contributed by atoms with Gasteiger partial charge in [-0.3, -0.25) is 0 Å². The van der Waals surface area contributed by atoms with Crippen LogP contribution in [0.3, 0.4) is 0 Å². The van der Waals surface area contributed by atoms with Gasteiger partial charge in [-0.2, -0.15) is 0 Å². The minimum Gasteiger partial charge on any atom is -0.454 e. The number of hydrogen-bond acceptors (Lipinski definition) is 1. The Hall–Kier alpha value is -1.47. The summed E-state index contributed by atoms with van der Waals surface area (Å²) in [6.07, 6.45) is 2.62. The second-order valence-electron chi connectivity index (χ2n) is 4.75. The van der Waals surface area contributed by atoms with Crippen molar-refractivity contribution in [3.63, 3.8) is 0 Å². The molecule has 0 saturated heterocycles. The molecule has 3 aromatic rings. The molecule has 17 heavy (non-hydrogen) atoms. The van der Waals surface area contributed by atoms with E-state index >= 15 is 0 Å². The molecule has 0 unspecified atom stereocenters. The van der Waals surface area contributed by atoms with Crippen molar-refractivity contribution in [2.75, 3.05) is 0 Å². The number of halogens is 1. The topological polar surface area (TPSA) is 13.1 Å². The first kappa shape index (κ1) is 9.55. The minimum absolute atomic E-state index is 0.687. The molecule has 1 fully saturated rings. The summed E-state index contributed by atoms with van der Waals surface area (Å²) >= 11 is 6.15. The second kappa shape index (κ2) is 3.27. The maximum absolute atomic E-state index is 6.15. The van der Waals surface area contributed by atoms with E-state index in [1.54, 1.807) is 0 Å². The molecule has 1 heterocycles. The molecule has 0 bridgehead atoms. The molecule has 1 nitrogen and oxygen atoms in total. The Morgan fingerprint density at radius 3 is 2.76 bits per heavy atom. The molecule has 1 saturated carbocycles. The molecule has 1 aliphatic rings. The van der Waals surface area contributed by atoms with Gasteiger partial charge in [0.05, 0.1) is 5.02 Å². The van der Waals surface area contributed by atoms with E-state index in [-0.39, 0.29) is 0 Å². The molecule has 0 radical (unpaired) electrons. The van der Waals surface area contributed by atoms with Crippen LogP contribution in [0.5, 0.6) is 0 Å². The van der Waals surface area contributed by atoms with E-state index < -0.39 is 0 Å². The fourth-order valence-electron chi connectivity index (χ4n) is 2.45. The SMILES string of the molecule is Clc1cccc2c1oc1cc(C3CC3)ccc12. The first-order chi connectivity index (χ1) is 8.33. The van der Waals surface area contributed by atoms with Gasteiger partial charge in [-0.1, -0.05) is 35.9 Å². The molecule has 0 amide bonds. The lowest BCUT2D eigenvalue weighted by Gasteiger charge is -1.96. The van der Waals surface area contributed by atoms with Crippen molar-refractivity contribution < 1.29 is 4.42 Å². The third-order valence-electron chi connectivity index (χ3n) is 3.52. The largest absolute Gasteiger partial charge is 0.454 e. The Morgan fingerprint density at radius 1 is 1.06 bits per heavy atom. The third kappa shape index (κ3) is 1.39. The maximum Gasteiger partial charge on any atom is 0.153 e. The zero-order valence-electron chi connectivity index (χ0n) is 9.24. The van der Waals surface area contributed by atoms with Crippen molar-refractivity contribution in [3.8, 4) is 0 Å². The standard InChI is InChI=1S/C15H11ClO/c16-13-3-1-2-12-11-7-6-10(9-4-5-9)8-14(11)17-15(12)13/h1-3,6-9H,4-5H2. The smallest absolute Gasteiger partial charge is 0.153 e. The Kier molecular flexibility index (Phi) is 1.84. The summed E-state index contributed by atoms with van der Waals surface area (Å²) in [7, 11) is 0. The molecule has 0 aliphatic heterocycles. The van der Waals surface area contributed by atoms with Crippen molar-refractivity contribution in [1.29, 1.82) is 0 Å². The highest BCUT2D eigenvalue weighted by molar-refractivity contribution is 6.35. The van der Waals surface area contributed by atoms with Crippen molar-refractivity contribution in [3.05, 3.63) is 47.0 Å². The number of hydrogen-bond donors (Lipinski definition) is 0. The van der Waals surface area contributed by atoms with Gasteiger partial charge in [-0.05, 0) is 36.5 Å². The summed E-state index contributed by atoms with van der Waals surface area (Å²) in [5.41, 5.74) is 3.15. The summed E-state index contributed by atoms with van der Waals surface area (Å²) in [6.45, 7) is 0. The molecule has 4 rings (SSSR count). The minimum atomic E-state index is 0.687. The van der Waals surface area contributed by atoms with Crippen LogP contribution in [0.15, 0.2) is 40.8 Å². The highest BCUT2D eigenvalue weighted by Gasteiger charge is 2.24. The van der Waals surface area contributed by atoms with Gasteiger partial charge in [0.1, 0.15) is 5.58 Å². The van der Waals surface area contributed by atoms with Gasteiger partial charge in [0.15, 0.2) is 5.58 Å². The maximum atomic E-state index is 6.15. The highest BCUT2D eigenvalue weighted by atomic mass is 35.5. The fourth-order valence-corrected chi connectivity index (χ4v) is 2.66. The third-order valence-corrected chi connectivity index (χ3v) is 3.82. The number of benzene rings is 2. The van der Waals surface area contributed by atoms with Crippen molar-refractivity contribution in [1.82, 2.24) is 0 Å². The Labute approximate surface area is 104 Å². The van der Waals surface area contributed by atoms with Crippen LogP contribution in [0.1, 0.15) is 24.3 Å². The fraction of sp³-hybridized carbons (Fsp3) is 0.200. The zero-order chi connectivity index (χ0) is 11.4. The first-order valence-corrected chi connectivity index (χ1v) is 6.31. The molecule has 0 spiro atoms. The predicted molar refractivity (Wildman–Crippen MR) is 70.7 cm³/mol. The summed E-state index contributed by atoms with van der Waals surface area (Å²) in [5, 5.41) is 2.95. The van der Waals surface area contributed by atoms with E-state index in [0.717, 1.165) is 27.9 Å². The number of para-hydroxylation sites is 1. The second-order valence-corrected chi connectivity index (χ2v) is 5.16. The van der Waals surface area contributed by atoms with Gasteiger partial charge >= 0.3 is 0 Å². The molecule has 0 N–H and O–H groups in total. The Morgan fingerprint density at radius 2 is 1.94 bits per heavy atom. The molecule has 1 aliphatic carbocycles. The van der Waals surface area contributed by atoms with Gasteiger partial charge in [-0.15, -0.1) is 0 Å². The van der Waals surface area contributed by atoms with Gasteiger partial charge in [0, 0.05) is 10.8 Å². The number of furan rings is 1. The van der Waals surface area contributed by atoms with E-state index in [1.165, 1.54) is 18.4 Å². The lowest BCUT2D eigenvalue weighted by Crippen LogP contribution is -1.76. The van der Waals surface area contributed by atoms with Gasteiger partial charge < -0.3 is 4.42 Å². The average molecular weight is 243 g/mol. The number of fused-ring (bicyclic) bond motifs is 3. The van der Waals surface area contributed by atoms with Crippen LogP contribution in [0.4, 0.5) is 0 Å². The van der Waals surface area contributed by atoms with Crippen LogP contribution in [0, 0.1) is 0 Å². The van der Waals surface area contributed by atoms with Crippen LogP contribution in [-0.2, 0) is 0 Å². The van der Waals surface area contributed by atoms with Crippen LogP contribution in [0.2, 0.25) is 5.02 Å². The Bertz CT molecular complexity index is 722. The Balaban J connectivity index is 2.08. The lowest BCUT2D eigenvalue weighted by molar-refractivity contribution is 0.668. The molecule has 0 atom stereocenters. The quantitative estimate of drug-likeness (QED) is 0.577. The molecule has 2 heteroatoms. The van der Waals surface area contributed by atoms with Crippen LogP contribution >= 0.6 is 11.6 Å². The van der Waals surface area contributed by atoms with E-state index in [2.05, 4.69) is 24.3 Å². The van der Waals surface area contributed by atoms with E-state index in [1.807, 2.05) is 12.1 Å². The lowest BCUT2D eigenvalue weighted by atomic mass is 10.1. The molecule has 2 aromatic carbocycles.